The summed E-state index contributed by atoms with van der Waals surface area (Å²) in [4.78, 5) is 23.9. The number of aliphatic carboxylic acids is 1. The maximum Gasteiger partial charge on any atom is 0.308 e. The van der Waals surface area contributed by atoms with Crippen LogP contribution in [0.4, 0.5) is 0 Å². The van der Waals surface area contributed by atoms with Crippen LogP contribution in [0.25, 0.3) is 0 Å². The van der Waals surface area contributed by atoms with Crippen molar-refractivity contribution >= 4 is 21.7 Å². The van der Waals surface area contributed by atoms with Gasteiger partial charge in [0.05, 0.1) is 11.7 Å². The summed E-state index contributed by atoms with van der Waals surface area (Å²) >= 11 is 0. The molecule has 1 unspecified atom stereocenters. The molecule has 0 aromatic heterocycles. The molecule has 0 aliphatic carbocycles. The molecule has 1 rings (SSSR count). The predicted octanol–water partition coefficient (Wildman–Crippen LogP) is -0.0896. The molecule has 7 heteroatoms. The standard InChI is InChI=1S/C11H17NO5S/c1-2-6-18(16,17)8-10(13)12-5-3-4-9(7-12)11(14)15/h2,9H,1,3-8H2,(H,14,15). The molecule has 1 aliphatic heterocycles. The van der Waals surface area contributed by atoms with Gasteiger partial charge >= 0.3 is 5.97 Å². The van der Waals surface area contributed by atoms with Gasteiger partial charge < -0.3 is 10.0 Å². The van der Waals surface area contributed by atoms with Crippen molar-refractivity contribution in [1.82, 2.24) is 4.90 Å². The van der Waals surface area contributed by atoms with Crippen molar-refractivity contribution in [3.63, 3.8) is 0 Å². The number of hydrogen-bond acceptors (Lipinski definition) is 4. The van der Waals surface area contributed by atoms with Crippen LogP contribution < -0.4 is 0 Å². The fourth-order valence-corrected chi connectivity index (χ4v) is 2.96. The summed E-state index contributed by atoms with van der Waals surface area (Å²) in [7, 11) is -3.47. The molecule has 1 atom stereocenters. The minimum absolute atomic E-state index is 0.0950. The molecule has 1 heterocycles. The third-order valence-electron chi connectivity index (χ3n) is 2.84. The molecule has 102 valence electrons. The van der Waals surface area contributed by atoms with E-state index in [0.29, 0.717) is 19.4 Å². The Morgan fingerprint density at radius 1 is 1.44 bits per heavy atom. The van der Waals surface area contributed by atoms with E-state index in [1.54, 1.807) is 0 Å². The minimum atomic E-state index is -3.47. The van der Waals surface area contributed by atoms with Crippen LogP contribution in [0.3, 0.4) is 0 Å². The van der Waals surface area contributed by atoms with E-state index in [2.05, 4.69) is 6.58 Å². The number of likely N-dealkylation sites (tertiary alicyclic amines) is 1. The number of amides is 1. The van der Waals surface area contributed by atoms with Gasteiger partial charge in [0.15, 0.2) is 9.84 Å². The van der Waals surface area contributed by atoms with Crippen LogP contribution in [0.15, 0.2) is 12.7 Å². The molecule has 1 fully saturated rings. The molecule has 0 bridgehead atoms. The molecule has 1 amide bonds. The average Bonchev–Trinajstić information content (AvgIpc) is 2.28. The number of sulfone groups is 1. The third kappa shape index (κ3) is 4.14. The fourth-order valence-electron chi connectivity index (χ4n) is 1.92. The van der Waals surface area contributed by atoms with Crippen molar-refractivity contribution in [2.75, 3.05) is 24.6 Å². The highest BCUT2D eigenvalue weighted by Crippen LogP contribution is 2.17. The van der Waals surface area contributed by atoms with Crippen LogP contribution in [0.2, 0.25) is 0 Å². The zero-order valence-electron chi connectivity index (χ0n) is 10.0. The van der Waals surface area contributed by atoms with Crippen molar-refractivity contribution in [3.8, 4) is 0 Å². The number of nitrogens with zero attached hydrogens (tertiary/aromatic N) is 1. The van der Waals surface area contributed by atoms with Crippen LogP contribution in [-0.2, 0) is 19.4 Å². The van der Waals surface area contributed by atoms with Gasteiger partial charge in [-0.2, -0.15) is 0 Å². The van der Waals surface area contributed by atoms with E-state index < -0.39 is 33.4 Å². The van der Waals surface area contributed by atoms with Crippen LogP contribution in [-0.4, -0.2) is 54.9 Å². The summed E-state index contributed by atoms with van der Waals surface area (Å²) in [5.74, 6) is -2.88. The molecule has 1 N–H and O–H groups in total. The first-order valence-electron chi connectivity index (χ1n) is 5.67. The topological polar surface area (TPSA) is 91.8 Å². The second kappa shape index (κ2) is 5.99. The smallest absolute Gasteiger partial charge is 0.308 e. The zero-order chi connectivity index (χ0) is 13.8. The van der Waals surface area contributed by atoms with Gasteiger partial charge in [-0.05, 0) is 12.8 Å². The van der Waals surface area contributed by atoms with Crippen molar-refractivity contribution in [1.29, 1.82) is 0 Å². The lowest BCUT2D eigenvalue weighted by molar-refractivity contribution is -0.145. The zero-order valence-corrected chi connectivity index (χ0v) is 10.9. The Hall–Kier alpha value is -1.37. The summed E-state index contributed by atoms with van der Waals surface area (Å²) in [6.07, 6.45) is 2.35. The van der Waals surface area contributed by atoms with Crippen LogP contribution in [0, 0.1) is 5.92 Å². The van der Waals surface area contributed by atoms with Crippen molar-refractivity contribution in [2.24, 2.45) is 5.92 Å². The number of carbonyl (C=O) groups is 2. The van der Waals surface area contributed by atoms with E-state index in [1.807, 2.05) is 0 Å². The van der Waals surface area contributed by atoms with E-state index in [4.69, 9.17) is 5.11 Å². The third-order valence-corrected chi connectivity index (χ3v) is 4.27. The summed E-state index contributed by atoms with van der Waals surface area (Å²) < 4.78 is 22.9. The highest BCUT2D eigenvalue weighted by molar-refractivity contribution is 7.92. The second-order valence-electron chi connectivity index (χ2n) is 4.36. The maximum atomic E-state index is 11.8. The second-order valence-corrected chi connectivity index (χ2v) is 6.47. The first-order valence-corrected chi connectivity index (χ1v) is 7.50. The molecule has 18 heavy (non-hydrogen) atoms. The normalized spacial score (nSPS) is 20.4. The van der Waals surface area contributed by atoms with Gasteiger partial charge in [0, 0.05) is 13.1 Å². The van der Waals surface area contributed by atoms with Gasteiger partial charge in [0.25, 0.3) is 0 Å². The lowest BCUT2D eigenvalue weighted by atomic mass is 9.98. The number of hydrogen-bond donors (Lipinski definition) is 1. The highest BCUT2D eigenvalue weighted by Gasteiger charge is 2.29. The molecule has 1 aliphatic rings. The monoisotopic (exact) mass is 275 g/mol. The van der Waals surface area contributed by atoms with Gasteiger partial charge in [-0.15, -0.1) is 6.58 Å². The molecule has 0 aromatic carbocycles. The molecule has 0 saturated carbocycles. The van der Waals surface area contributed by atoms with Gasteiger partial charge in [-0.3, -0.25) is 9.59 Å². The quantitative estimate of drug-likeness (QED) is 0.708. The van der Waals surface area contributed by atoms with Gasteiger partial charge in [0.1, 0.15) is 5.75 Å². The maximum absolute atomic E-state index is 11.8. The molecule has 1 saturated heterocycles. The molecule has 6 nitrogen and oxygen atoms in total. The van der Waals surface area contributed by atoms with E-state index in [0.717, 1.165) is 0 Å². The first-order chi connectivity index (χ1) is 8.35. The van der Waals surface area contributed by atoms with E-state index in [1.165, 1.54) is 11.0 Å². The first kappa shape index (κ1) is 14.7. The molecule has 0 spiro atoms. The predicted molar refractivity (Wildman–Crippen MR) is 65.8 cm³/mol. The molecule has 0 aromatic rings. The van der Waals surface area contributed by atoms with Gasteiger partial charge in [-0.25, -0.2) is 8.42 Å². The Morgan fingerprint density at radius 2 is 2.11 bits per heavy atom. The number of carbonyl (C=O) groups excluding carboxylic acids is 1. The van der Waals surface area contributed by atoms with Crippen LogP contribution in [0.5, 0.6) is 0 Å². The number of carboxylic acids is 1. The summed E-state index contributed by atoms with van der Waals surface area (Å²) in [5.41, 5.74) is 0. The minimum Gasteiger partial charge on any atom is -0.481 e. The Labute approximate surface area is 106 Å². The van der Waals surface area contributed by atoms with Crippen molar-refractivity contribution < 1.29 is 23.1 Å². The lowest BCUT2D eigenvalue weighted by Gasteiger charge is -2.30. The highest BCUT2D eigenvalue weighted by atomic mass is 32.2. The Kier molecular flexibility index (Phi) is 4.89. The largest absolute Gasteiger partial charge is 0.481 e. The molecular weight excluding hydrogens is 258 g/mol. The SMILES string of the molecule is C=CCS(=O)(=O)CC(=O)N1CCCC(C(=O)O)C1. The molecular formula is C11H17NO5S. The average molecular weight is 275 g/mol. The Bertz CT molecular complexity index is 442. The summed E-state index contributed by atoms with van der Waals surface area (Å²) in [5, 5.41) is 8.89. The van der Waals surface area contributed by atoms with E-state index >= 15 is 0 Å². The summed E-state index contributed by atoms with van der Waals surface area (Å²) in [6, 6.07) is 0. The number of rotatable bonds is 5. The van der Waals surface area contributed by atoms with Crippen molar-refractivity contribution in [2.45, 2.75) is 12.8 Å². The van der Waals surface area contributed by atoms with Crippen molar-refractivity contribution in [3.05, 3.63) is 12.7 Å². The van der Waals surface area contributed by atoms with Crippen LogP contribution >= 0.6 is 0 Å². The van der Waals surface area contributed by atoms with Crippen LogP contribution in [0.1, 0.15) is 12.8 Å². The summed E-state index contributed by atoms with van der Waals surface area (Å²) in [6.45, 7) is 3.84. The fraction of sp³-hybridized carbons (Fsp3) is 0.636. The van der Waals surface area contributed by atoms with Gasteiger partial charge in [0.2, 0.25) is 5.91 Å². The van der Waals surface area contributed by atoms with Gasteiger partial charge in [-0.1, -0.05) is 6.08 Å². The number of piperidine rings is 1. The number of carboxylic acid groups (broad SMARTS) is 1. The molecule has 0 radical (unpaired) electrons. The Balaban J connectivity index is 2.62. The van der Waals surface area contributed by atoms with E-state index in [9.17, 15) is 18.0 Å². The van der Waals surface area contributed by atoms with E-state index in [-0.39, 0.29) is 12.3 Å². The Morgan fingerprint density at radius 3 is 2.67 bits per heavy atom. The lowest BCUT2D eigenvalue weighted by Crippen LogP contribution is -2.44.